The normalized spacial score (nSPS) is 10.5. The summed E-state index contributed by atoms with van der Waals surface area (Å²) < 4.78 is 0.510. The molecule has 0 saturated heterocycles. The molecule has 0 spiro atoms. The largest absolute Gasteiger partial charge is 0.208 e. The maximum Gasteiger partial charge on any atom is 0.200 e. The summed E-state index contributed by atoms with van der Waals surface area (Å²) in [7, 11) is 0. The molecule has 0 bridgehead atoms. The second kappa shape index (κ2) is 5.69. The average molecular weight is 347 g/mol. The van der Waals surface area contributed by atoms with Crippen LogP contribution in [-0.4, -0.2) is 15.0 Å². The van der Waals surface area contributed by atoms with Crippen molar-refractivity contribution in [3.63, 3.8) is 0 Å². The monoisotopic (exact) mass is 345 g/mol. The van der Waals surface area contributed by atoms with E-state index in [1.807, 2.05) is 54.6 Å². The summed E-state index contributed by atoms with van der Waals surface area (Å²) >= 11 is 9.23. The summed E-state index contributed by atoms with van der Waals surface area (Å²) in [6.45, 7) is 0. The van der Waals surface area contributed by atoms with E-state index in [-0.39, 0.29) is 0 Å². The van der Waals surface area contributed by atoms with Gasteiger partial charge in [-0.3, -0.25) is 0 Å². The van der Waals surface area contributed by atoms with E-state index >= 15 is 0 Å². The van der Waals surface area contributed by atoms with E-state index in [4.69, 9.17) is 11.6 Å². The molecule has 0 aliphatic carbocycles. The molecule has 1 heterocycles. The van der Waals surface area contributed by atoms with Crippen molar-refractivity contribution >= 4 is 27.5 Å². The number of halogens is 2. The van der Waals surface area contributed by atoms with E-state index in [1.165, 1.54) is 0 Å². The molecule has 98 valence electrons. The first kappa shape index (κ1) is 13.2. The second-order valence-electron chi connectivity index (χ2n) is 4.12. The van der Waals surface area contributed by atoms with Crippen molar-refractivity contribution < 1.29 is 0 Å². The SMILES string of the molecule is Clc1ccc(-c2nc(Br)nc(-c3ccccc3)n2)cc1. The molecule has 0 radical (unpaired) electrons. The Hall–Kier alpha value is -1.78. The summed E-state index contributed by atoms with van der Waals surface area (Å²) in [5.41, 5.74) is 1.85. The molecular weight excluding hydrogens is 338 g/mol. The second-order valence-corrected chi connectivity index (χ2v) is 5.27. The quantitative estimate of drug-likeness (QED) is 0.679. The fraction of sp³-hybridized carbons (Fsp3) is 0. The van der Waals surface area contributed by atoms with Crippen LogP contribution in [0.25, 0.3) is 22.8 Å². The Morgan fingerprint density at radius 2 is 1.25 bits per heavy atom. The Morgan fingerprint density at radius 3 is 1.85 bits per heavy atom. The lowest BCUT2D eigenvalue weighted by molar-refractivity contribution is 1.03. The number of hydrogen-bond donors (Lipinski definition) is 0. The first-order valence-electron chi connectivity index (χ1n) is 5.95. The van der Waals surface area contributed by atoms with E-state index in [0.29, 0.717) is 21.4 Å². The molecule has 0 N–H and O–H groups in total. The van der Waals surface area contributed by atoms with Gasteiger partial charge >= 0.3 is 0 Å². The van der Waals surface area contributed by atoms with E-state index in [1.54, 1.807) is 0 Å². The van der Waals surface area contributed by atoms with Gasteiger partial charge in [-0.2, -0.15) is 0 Å². The molecule has 3 nitrogen and oxygen atoms in total. The smallest absolute Gasteiger partial charge is 0.200 e. The van der Waals surface area contributed by atoms with Crippen molar-refractivity contribution in [3.8, 4) is 22.8 Å². The Morgan fingerprint density at radius 1 is 0.700 bits per heavy atom. The number of aromatic nitrogens is 3. The zero-order valence-corrected chi connectivity index (χ0v) is 12.6. The Kier molecular flexibility index (Phi) is 3.76. The average Bonchev–Trinajstić information content (AvgIpc) is 2.48. The van der Waals surface area contributed by atoms with Gasteiger partial charge in [0.15, 0.2) is 11.6 Å². The maximum atomic E-state index is 5.90. The third-order valence-electron chi connectivity index (χ3n) is 2.74. The van der Waals surface area contributed by atoms with Crippen LogP contribution in [0.4, 0.5) is 0 Å². The fourth-order valence-corrected chi connectivity index (χ4v) is 2.26. The highest BCUT2D eigenvalue weighted by Gasteiger charge is 2.08. The Bertz CT molecular complexity index is 730. The molecule has 2 aromatic carbocycles. The Labute approximate surface area is 129 Å². The van der Waals surface area contributed by atoms with Crippen LogP contribution in [0.1, 0.15) is 0 Å². The molecular formula is C15H9BrClN3. The van der Waals surface area contributed by atoms with Crippen LogP contribution in [-0.2, 0) is 0 Å². The van der Waals surface area contributed by atoms with Crippen LogP contribution in [0.5, 0.6) is 0 Å². The van der Waals surface area contributed by atoms with Gasteiger partial charge in [0.25, 0.3) is 0 Å². The molecule has 0 unspecified atom stereocenters. The van der Waals surface area contributed by atoms with Crippen LogP contribution >= 0.6 is 27.5 Å². The summed E-state index contributed by atoms with van der Waals surface area (Å²) in [5, 5.41) is 0.685. The van der Waals surface area contributed by atoms with Gasteiger partial charge in [0, 0.05) is 16.1 Å². The molecule has 3 rings (SSSR count). The molecule has 0 amide bonds. The van der Waals surface area contributed by atoms with Crippen molar-refractivity contribution in [2.45, 2.75) is 0 Å². The Balaban J connectivity index is 2.09. The van der Waals surface area contributed by atoms with Gasteiger partial charge in [-0.25, -0.2) is 15.0 Å². The minimum Gasteiger partial charge on any atom is -0.208 e. The lowest BCUT2D eigenvalue weighted by Gasteiger charge is -2.05. The van der Waals surface area contributed by atoms with E-state index < -0.39 is 0 Å². The lowest BCUT2D eigenvalue weighted by Crippen LogP contribution is -1.97. The maximum absolute atomic E-state index is 5.90. The van der Waals surface area contributed by atoms with Crippen molar-refractivity contribution in [1.82, 2.24) is 15.0 Å². The van der Waals surface area contributed by atoms with E-state index in [0.717, 1.165) is 11.1 Å². The predicted octanol–water partition coefficient (Wildman–Crippen LogP) is 4.62. The first-order chi connectivity index (χ1) is 9.72. The molecule has 3 aromatic rings. The third-order valence-corrected chi connectivity index (χ3v) is 3.35. The first-order valence-corrected chi connectivity index (χ1v) is 7.12. The lowest BCUT2D eigenvalue weighted by atomic mass is 10.2. The van der Waals surface area contributed by atoms with Gasteiger partial charge in [0.1, 0.15) is 0 Å². The summed E-state index contributed by atoms with van der Waals surface area (Å²) in [5.74, 6) is 1.25. The number of rotatable bonds is 2. The van der Waals surface area contributed by atoms with E-state index in [9.17, 15) is 0 Å². The molecule has 5 heteroatoms. The molecule has 0 fully saturated rings. The number of benzene rings is 2. The van der Waals surface area contributed by atoms with Crippen LogP contribution in [0, 0.1) is 0 Å². The zero-order valence-electron chi connectivity index (χ0n) is 10.3. The van der Waals surface area contributed by atoms with Gasteiger partial charge in [0.2, 0.25) is 4.73 Å². The molecule has 0 saturated carbocycles. The predicted molar refractivity (Wildman–Crippen MR) is 83.4 cm³/mol. The van der Waals surface area contributed by atoms with E-state index in [2.05, 4.69) is 30.9 Å². The van der Waals surface area contributed by atoms with Crippen molar-refractivity contribution in [2.75, 3.05) is 0 Å². The van der Waals surface area contributed by atoms with Crippen LogP contribution in [0.2, 0.25) is 5.02 Å². The minimum absolute atomic E-state index is 0.510. The van der Waals surface area contributed by atoms with Crippen molar-refractivity contribution in [1.29, 1.82) is 0 Å². The molecule has 20 heavy (non-hydrogen) atoms. The van der Waals surface area contributed by atoms with Gasteiger partial charge in [-0.1, -0.05) is 41.9 Å². The highest BCUT2D eigenvalue weighted by Crippen LogP contribution is 2.22. The topological polar surface area (TPSA) is 38.7 Å². The highest BCUT2D eigenvalue weighted by atomic mass is 79.9. The zero-order chi connectivity index (χ0) is 13.9. The van der Waals surface area contributed by atoms with Gasteiger partial charge < -0.3 is 0 Å². The summed E-state index contributed by atoms with van der Waals surface area (Å²) in [6.07, 6.45) is 0. The number of nitrogens with zero attached hydrogens (tertiary/aromatic N) is 3. The summed E-state index contributed by atoms with van der Waals surface area (Å²) in [4.78, 5) is 13.1. The fourth-order valence-electron chi connectivity index (χ4n) is 1.79. The highest BCUT2D eigenvalue weighted by molar-refractivity contribution is 9.10. The summed E-state index contributed by atoms with van der Waals surface area (Å²) in [6, 6.07) is 17.2. The number of hydrogen-bond acceptors (Lipinski definition) is 3. The van der Waals surface area contributed by atoms with Gasteiger partial charge in [-0.15, -0.1) is 0 Å². The molecule has 1 aromatic heterocycles. The van der Waals surface area contributed by atoms with Crippen molar-refractivity contribution in [3.05, 3.63) is 64.4 Å². The molecule has 0 aliphatic rings. The molecule has 0 aliphatic heterocycles. The van der Waals surface area contributed by atoms with Crippen LogP contribution in [0.15, 0.2) is 59.3 Å². The van der Waals surface area contributed by atoms with Crippen molar-refractivity contribution in [2.24, 2.45) is 0 Å². The standard InChI is InChI=1S/C15H9BrClN3/c16-15-19-13(10-4-2-1-3-5-10)18-14(20-15)11-6-8-12(17)9-7-11/h1-9H. The van der Waals surface area contributed by atoms with Gasteiger partial charge in [-0.05, 0) is 40.2 Å². The molecule has 0 atom stereocenters. The minimum atomic E-state index is 0.510. The van der Waals surface area contributed by atoms with Crippen LogP contribution < -0.4 is 0 Å². The van der Waals surface area contributed by atoms with Gasteiger partial charge in [0.05, 0.1) is 0 Å². The third kappa shape index (κ3) is 2.86. The van der Waals surface area contributed by atoms with Crippen LogP contribution in [0.3, 0.4) is 0 Å².